The summed E-state index contributed by atoms with van der Waals surface area (Å²) in [6, 6.07) is 2.36. The van der Waals surface area contributed by atoms with E-state index in [1.54, 1.807) is 0 Å². The first-order chi connectivity index (χ1) is 9.57. The van der Waals surface area contributed by atoms with Gasteiger partial charge in [-0.25, -0.2) is 13.1 Å². The Morgan fingerprint density at radius 1 is 1.24 bits per heavy atom. The standard InChI is InChI=1S/C11H9Cl2F3N2O2S/c12-8-4-7(2-1-3-17)5-9(13)10(8)21(19,20)18-6-11(14,15)16/h4-5,18H,3,6,17H2. The van der Waals surface area contributed by atoms with Crippen molar-refractivity contribution in [2.24, 2.45) is 5.73 Å². The van der Waals surface area contributed by atoms with Crippen LogP contribution in [0.2, 0.25) is 10.0 Å². The molecule has 0 saturated heterocycles. The fourth-order valence-electron chi connectivity index (χ4n) is 1.29. The Bertz CT molecular complexity index is 671. The Morgan fingerprint density at radius 2 is 1.76 bits per heavy atom. The molecule has 0 amide bonds. The molecule has 10 heteroatoms. The molecule has 0 aliphatic heterocycles. The van der Waals surface area contributed by atoms with E-state index in [4.69, 9.17) is 28.9 Å². The van der Waals surface area contributed by atoms with Gasteiger partial charge < -0.3 is 5.73 Å². The van der Waals surface area contributed by atoms with Crippen LogP contribution >= 0.6 is 23.2 Å². The monoisotopic (exact) mass is 360 g/mol. The van der Waals surface area contributed by atoms with Crippen molar-refractivity contribution in [1.29, 1.82) is 0 Å². The number of hydrogen-bond acceptors (Lipinski definition) is 3. The highest BCUT2D eigenvalue weighted by atomic mass is 35.5. The number of alkyl halides is 3. The van der Waals surface area contributed by atoms with Crippen LogP contribution in [-0.2, 0) is 10.0 Å². The van der Waals surface area contributed by atoms with Crippen LogP contribution in [0.25, 0.3) is 0 Å². The number of nitrogens with one attached hydrogen (secondary N) is 1. The Hall–Kier alpha value is -0.980. The summed E-state index contributed by atoms with van der Waals surface area (Å²) in [5, 5.41) is -0.669. The summed E-state index contributed by atoms with van der Waals surface area (Å²) in [6.07, 6.45) is -4.70. The molecule has 0 aromatic heterocycles. The maximum atomic E-state index is 12.1. The molecular formula is C11H9Cl2F3N2O2S. The molecule has 1 aromatic rings. The van der Waals surface area contributed by atoms with E-state index in [-0.39, 0.29) is 16.6 Å². The zero-order chi connectivity index (χ0) is 16.3. The molecule has 21 heavy (non-hydrogen) atoms. The molecule has 1 aromatic carbocycles. The maximum absolute atomic E-state index is 12.1. The van der Waals surface area contributed by atoms with Crippen LogP contribution in [0, 0.1) is 11.8 Å². The lowest BCUT2D eigenvalue weighted by molar-refractivity contribution is -0.121. The minimum absolute atomic E-state index is 0.0719. The number of halogens is 5. The molecule has 0 spiro atoms. The van der Waals surface area contributed by atoms with Crippen molar-refractivity contribution in [2.45, 2.75) is 11.1 Å². The van der Waals surface area contributed by atoms with Gasteiger partial charge in [0.1, 0.15) is 11.4 Å². The van der Waals surface area contributed by atoms with E-state index < -0.39 is 27.6 Å². The summed E-state index contributed by atoms with van der Waals surface area (Å²) in [7, 11) is -4.50. The van der Waals surface area contributed by atoms with Gasteiger partial charge in [-0.15, -0.1) is 0 Å². The van der Waals surface area contributed by atoms with Gasteiger partial charge >= 0.3 is 6.18 Å². The molecule has 0 heterocycles. The van der Waals surface area contributed by atoms with Crippen LogP contribution in [-0.4, -0.2) is 27.7 Å². The Kier molecular flexibility index (Phi) is 5.90. The predicted octanol–water partition coefficient (Wildman–Crippen LogP) is 2.14. The van der Waals surface area contributed by atoms with Gasteiger partial charge in [0.05, 0.1) is 16.6 Å². The zero-order valence-corrected chi connectivity index (χ0v) is 12.6. The van der Waals surface area contributed by atoms with Gasteiger partial charge in [-0.2, -0.15) is 13.2 Å². The van der Waals surface area contributed by atoms with Crippen LogP contribution in [0.1, 0.15) is 5.56 Å². The van der Waals surface area contributed by atoms with Gasteiger partial charge in [0.25, 0.3) is 0 Å². The number of nitrogens with two attached hydrogens (primary N) is 1. The molecule has 4 nitrogen and oxygen atoms in total. The fraction of sp³-hybridized carbons (Fsp3) is 0.273. The van der Waals surface area contributed by atoms with Crippen molar-refractivity contribution < 1.29 is 21.6 Å². The van der Waals surface area contributed by atoms with Crippen LogP contribution in [0.4, 0.5) is 13.2 Å². The summed E-state index contributed by atoms with van der Waals surface area (Å²) >= 11 is 11.5. The molecule has 0 unspecified atom stereocenters. The predicted molar refractivity (Wildman–Crippen MR) is 73.6 cm³/mol. The van der Waals surface area contributed by atoms with Crippen LogP contribution < -0.4 is 10.5 Å². The third kappa shape index (κ3) is 5.37. The number of sulfonamides is 1. The minimum Gasteiger partial charge on any atom is -0.320 e. The van der Waals surface area contributed by atoms with Crippen molar-refractivity contribution in [1.82, 2.24) is 4.72 Å². The number of hydrogen-bond donors (Lipinski definition) is 2. The topological polar surface area (TPSA) is 72.2 Å². The van der Waals surface area contributed by atoms with Crippen LogP contribution in [0.5, 0.6) is 0 Å². The second-order valence-electron chi connectivity index (χ2n) is 3.71. The first kappa shape index (κ1) is 18.1. The van der Waals surface area contributed by atoms with E-state index >= 15 is 0 Å². The molecule has 0 fully saturated rings. The molecule has 1 rings (SSSR count). The molecule has 116 valence electrons. The summed E-state index contributed by atoms with van der Waals surface area (Å²) in [5.74, 6) is 5.09. The Labute approximate surface area is 129 Å². The Morgan fingerprint density at radius 3 is 2.19 bits per heavy atom. The highest BCUT2D eigenvalue weighted by Gasteiger charge is 2.31. The second-order valence-corrected chi connectivity index (χ2v) is 6.23. The SMILES string of the molecule is NCC#Cc1cc(Cl)c(S(=O)(=O)NCC(F)(F)F)c(Cl)c1. The van der Waals surface area contributed by atoms with Gasteiger partial charge in [-0.3, -0.25) is 0 Å². The van der Waals surface area contributed by atoms with E-state index in [1.165, 1.54) is 16.9 Å². The first-order valence-electron chi connectivity index (χ1n) is 5.31. The van der Waals surface area contributed by atoms with Crippen molar-refractivity contribution in [3.63, 3.8) is 0 Å². The fourth-order valence-corrected chi connectivity index (χ4v) is 3.52. The third-order valence-electron chi connectivity index (χ3n) is 2.06. The average molecular weight is 361 g/mol. The summed E-state index contributed by atoms with van der Waals surface area (Å²) < 4.78 is 61.3. The molecule has 0 radical (unpaired) electrons. The van der Waals surface area contributed by atoms with Crippen molar-refractivity contribution in [3.8, 4) is 11.8 Å². The highest BCUT2D eigenvalue weighted by molar-refractivity contribution is 7.89. The van der Waals surface area contributed by atoms with Crippen LogP contribution in [0.15, 0.2) is 17.0 Å². The quantitative estimate of drug-likeness (QED) is 0.811. The van der Waals surface area contributed by atoms with Gasteiger partial charge in [0.2, 0.25) is 10.0 Å². The molecule has 0 saturated carbocycles. The lowest BCUT2D eigenvalue weighted by Crippen LogP contribution is -2.34. The lowest BCUT2D eigenvalue weighted by atomic mass is 10.2. The summed E-state index contributed by atoms with van der Waals surface area (Å²) in [4.78, 5) is -0.631. The molecule has 0 atom stereocenters. The van der Waals surface area contributed by atoms with Gasteiger partial charge in [-0.05, 0) is 12.1 Å². The second kappa shape index (κ2) is 6.85. The third-order valence-corrected chi connectivity index (χ3v) is 4.39. The molecule has 0 bridgehead atoms. The Balaban J connectivity index is 3.19. The van der Waals surface area contributed by atoms with E-state index in [9.17, 15) is 21.6 Å². The molecule has 3 N–H and O–H groups in total. The summed E-state index contributed by atoms with van der Waals surface area (Å²) in [6.45, 7) is -1.65. The van der Waals surface area contributed by atoms with Crippen molar-refractivity contribution in [2.75, 3.05) is 13.1 Å². The molecular weight excluding hydrogens is 352 g/mol. The smallest absolute Gasteiger partial charge is 0.320 e. The van der Waals surface area contributed by atoms with Crippen molar-refractivity contribution >= 4 is 33.2 Å². The van der Waals surface area contributed by atoms with Crippen LogP contribution in [0.3, 0.4) is 0 Å². The van der Waals surface area contributed by atoms with Gasteiger partial charge in [0.15, 0.2) is 0 Å². The molecule has 0 aliphatic rings. The lowest BCUT2D eigenvalue weighted by Gasteiger charge is -2.12. The number of rotatable bonds is 3. The maximum Gasteiger partial charge on any atom is 0.402 e. The van der Waals surface area contributed by atoms with E-state index in [1.807, 2.05) is 0 Å². The largest absolute Gasteiger partial charge is 0.402 e. The summed E-state index contributed by atoms with van der Waals surface area (Å²) in [5.41, 5.74) is 5.48. The van der Waals surface area contributed by atoms with E-state index in [0.29, 0.717) is 5.56 Å². The average Bonchev–Trinajstić information content (AvgIpc) is 2.32. The normalized spacial score (nSPS) is 11.9. The minimum atomic E-state index is -4.70. The van der Waals surface area contributed by atoms with Crippen molar-refractivity contribution in [3.05, 3.63) is 27.7 Å². The van der Waals surface area contributed by atoms with Gasteiger partial charge in [0, 0.05) is 5.56 Å². The van der Waals surface area contributed by atoms with Gasteiger partial charge in [-0.1, -0.05) is 35.0 Å². The van der Waals surface area contributed by atoms with E-state index in [2.05, 4.69) is 11.8 Å². The molecule has 0 aliphatic carbocycles. The highest BCUT2D eigenvalue weighted by Crippen LogP contribution is 2.31. The zero-order valence-electron chi connectivity index (χ0n) is 10.3. The van der Waals surface area contributed by atoms with E-state index in [0.717, 1.165) is 0 Å². The number of benzene rings is 1. The first-order valence-corrected chi connectivity index (χ1v) is 7.55.